The third-order valence-electron chi connectivity index (χ3n) is 5.06. The fourth-order valence-corrected chi connectivity index (χ4v) is 3.15. The minimum absolute atomic E-state index is 0. The molecule has 0 fully saturated rings. The highest BCUT2D eigenvalue weighted by Crippen LogP contribution is 2.26. The van der Waals surface area contributed by atoms with E-state index in [1.807, 2.05) is 48.9 Å². The van der Waals surface area contributed by atoms with Gasteiger partial charge in [-0.05, 0) is 32.4 Å². The molecule has 0 amide bonds. The number of hydrogen-bond donors (Lipinski definition) is 2. The zero-order chi connectivity index (χ0) is 21.5. The highest BCUT2D eigenvalue weighted by Gasteiger charge is 2.14. The lowest BCUT2D eigenvalue weighted by atomic mass is 10.0. The summed E-state index contributed by atoms with van der Waals surface area (Å²) in [4.78, 5) is 4.79. The van der Waals surface area contributed by atoms with Crippen LogP contribution in [0.3, 0.4) is 0 Å². The molecule has 1 atom stereocenters. The number of hydrogen-bond acceptors (Lipinski definition) is 4. The number of rotatable bonds is 7. The van der Waals surface area contributed by atoms with Crippen molar-refractivity contribution in [2.45, 2.75) is 39.9 Å². The molecule has 7 nitrogen and oxygen atoms in total. The lowest BCUT2D eigenvalue weighted by Gasteiger charge is -2.21. The quantitative estimate of drug-likeness (QED) is 0.272. The van der Waals surface area contributed by atoms with Crippen molar-refractivity contribution in [2.75, 3.05) is 7.11 Å². The van der Waals surface area contributed by atoms with E-state index in [1.165, 1.54) is 5.56 Å². The van der Waals surface area contributed by atoms with Crippen LogP contribution in [0, 0.1) is 13.8 Å². The number of aromatic nitrogens is 3. The standard InChI is InChI=1S/C23H30N6O.HI/c1-16-11-12-21(30-5)20(13-16)17(2)26-23(24-14-19-9-7-6-8-10-19)25-15-22-28-27-18(3)29(22)4;/h6-13,17H,14-15H2,1-5H3,(H2,24,25,26);1H. The molecule has 2 aromatic carbocycles. The first-order valence-corrected chi connectivity index (χ1v) is 10.1. The molecular formula is C23H31IN6O. The SMILES string of the molecule is COc1ccc(C)cc1C(C)NC(=NCc1ccccc1)NCc1nnc(C)n1C.I. The molecule has 0 aliphatic rings. The first-order valence-electron chi connectivity index (χ1n) is 10.1. The van der Waals surface area contributed by atoms with Gasteiger partial charge in [0.25, 0.3) is 0 Å². The Morgan fingerprint density at radius 1 is 1.13 bits per heavy atom. The van der Waals surface area contributed by atoms with Gasteiger partial charge in [-0.15, -0.1) is 34.2 Å². The van der Waals surface area contributed by atoms with Crippen LogP contribution in [0.2, 0.25) is 0 Å². The van der Waals surface area contributed by atoms with E-state index >= 15 is 0 Å². The summed E-state index contributed by atoms with van der Waals surface area (Å²) >= 11 is 0. The molecule has 0 radical (unpaired) electrons. The van der Waals surface area contributed by atoms with Crippen molar-refractivity contribution in [3.63, 3.8) is 0 Å². The Labute approximate surface area is 201 Å². The minimum Gasteiger partial charge on any atom is -0.496 e. The van der Waals surface area contributed by atoms with Crippen molar-refractivity contribution < 1.29 is 4.74 Å². The van der Waals surface area contributed by atoms with Crippen molar-refractivity contribution in [2.24, 2.45) is 12.0 Å². The molecule has 1 unspecified atom stereocenters. The number of benzene rings is 2. The minimum atomic E-state index is 0. The molecule has 3 rings (SSSR count). The summed E-state index contributed by atoms with van der Waals surface area (Å²) in [5.41, 5.74) is 3.42. The Morgan fingerprint density at radius 2 is 1.87 bits per heavy atom. The fraction of sp³-hybridized carbons (Fsp3) is 0.348. The van der Waals surface area contributed by atoms with Crippen LogP contribution in [0.5, 0.6) is 5.75 Å². The molecule has 3 aromatic rings. The molecule has 2 N–H and O–H groups in total. The number of nitrogens with zero attached hydrogens (tertiary/aromatic N) is 4. The monoisotopic (exact) mass is 534 g/mol. The largest absolute Gasteiger partial charge is 0.496 e. The van der Waals surface area contributed by atoms with Crippen molar-refractivity contribution in [3.05, 3.63) is 76.9 Å². The first kappa shape index (κ1) is 24.6. The number of halogens is 1. The van der Waals surface area contributed by atoms with Gasteiger partial charge in [0.15, 0.2) is 11.8 Å². The maximum absolute atomic E-state index is 5.56. The molecule has 0 bridgehead atoms. The van der Waals surface area contributed by atoms with Gasteiger partial charge < -0.3 is 19.9 Å². The Balaban J connectivity index is 0.00000341. The van der Waals surface area contributed by atoms with E-state index in [1.54, 1.807) is 7.11 Å². The van der Waals surface area contributed by atoms with Gasteiger partial charge in [0.05, 0.1) is 26.2 Å². The molecule has 1 heterocycles. The van der Waals surface area contributed by atoms with E-state index in [4.69, 9.17) is 9.73 Å². The van der Waals surface area contributed by atoms with Crippen LogP contribution in [0.1, 0.15) is 41.3 Å². The Bertz CT molecular complexity index is 1000. The number of nitrogens with one attached hydrogen (secondary N) is 2. The van der Waals surface area contributed by atoms with Crippen molar-refractivity contribution in [3.8, 4) is 5.75 Å². The zero-order valence-electron chi connectivity index (χ0n) is 18.7. The van der Waals surface area contributed by atoms with Crippen LogP contribution in [-0.2, 0) is 20.1 Å². The van der Waals surface area contributed by atoms with Crippen LogP contribution >= 0.6 is 24.0 Å². The number of guanidine groups is 1. The second-order valence-electron chi connectivity index (χ2n) is 7.34. The number of aliphatic imine (C=N–C) groups is 1. The van der Waals surface area contributed by atoms with Gasteiger partial charge in [-0.2, -0.15) is 0 Å². The van der Waals surface area contributed by atoms with E-state index in [9.17, 15) is 0 Å². The maximum atomic E-state index is 5.56. The van der Waals surface area contributed by atoms with Gasteiger partial charge in [-0.25, -0.2) is 4.99 Å². The van der Waals surface area contributed by atoms with Gasteiger partial charge in [0, 0.05) is 12.6 Å². The lowest BCUT2D eigenvalue weighted by molar-refractivity contribution is 0.405. The zero-order valence-corrected chi connectivity index (χ0v) is 21.0. The average molecular weight is 534 g/mol. The molecule has 0 aliphatic carbocycles. The Kier molecular flexibility index (Phi) is 9.29. The highest BCUT2D eigenvalue weighted by atomic mass is 127. The smallest absolute Gasteiger partial charge is 0.192 e. The molecule has 1 aromatic heterocycles. The van der Waals surface area contributed by atoms with Gasteiger partial charge in [-0.3, -0.25) is 0 Å². The molecule has 0 saturated carbocycles. The van der Waals surface area contributed by atoms with Crippen LogP contribution in [0.15, 0.2) is 53.5 Å². The summed E-state index contributed by atoms with van der Waals surface area (Å²) in [6.45, 7) is 7.21. The molecule has 8 heteroatoms. The Hall–Kier alpha value is -2.62. The second kappa shape index (κ2) is 11.7. The summed E-state index contributed by atoms with van der Waals surface area (Å²) in [5, 5.41) is 15.2. The number of ether oxygens (including phenoxy) is 1. The normalized spacial score (nSPS) is 12.1. The van der Waals surface area contributed by atoms with Gasteiger partial charge in [0.1, 0.15) is 11.6 Å². The van der Waals surface area contributed by atoms with E-state index in [0.717, 1.165) is 28.5 Å². The van der Waals surface area contributed by atoms with Crippen molar-refractivity contribution in [1.29, 1.82) is 0 Å². The summed E-state index contributed by atoms with van der Waals surface area (Å²) in [6.07, 6.45) is 0. The molecule has 166 valence electrons. The second-order valence-corrected chi connectivity index (χ2v) is 7.34. The van der Waals surface area contributed by atoms with Crippen LogP contribution in [0.4, 0.5) is 0 Å². The summed E-state index contributed by atoms with van der Waals surface area (Å²) in [6, 6.07) is 16.4. The topological polar surface area (TPSA) is 76.4 Å². The molecule has 0 aliphatic heterocycles. The number of aryl methyl sites for hydroxylation is 2. The number of methoxy groups -OCH3 is 1. The van der Waals surface area contributed by atoms with Crippen LogP contribution in [-0.4, -0.2) is 27.8 Å². The van der Waals surface area contributed by atoms with Gasteiger partial charge >= 0.3 is 0 Å². The highest BCUT2D eigenvalue weighted by molar-refractivity contribution is 14.0. The first-order chi connectivity index (χ1) is 14.5. The third kappa shape index (κ3) is 6.68. The summed E-state index contributed by atoms with van der Waals surface area (Å²) < 4.78 is 7.53. The van der Waals surface area contributed by atoms with Crippen LogP contribution < -0.4 is 15.4 Å². The molecule has 0 spiro atoms. The van der Waals surface area contributed by atoms with E-state index in [0.29, 0.717) is 19.0 Å². The van der Waals surface area contributed by atoms with Crippen molar-refractivity contribution >= 4 is 29.9 Å². The lowest BCUT2D eigenvalue weighted by Crippen LogP contribution is -2.39. The Morgan fingerprint density at radius 3 is 2.52 bits per heavy atom. The van der Waals surface area contributed by atoms with Crippen LogP contribution in [0.25, 0.3) is 0 Å². The average Bonchev–Trinajstić information content (AvgIpc) is 3.08. The van der Waals surface area contributed by atoms with E-state index < -0.39 is 0 Å². The molecular weight excluding hydrogens is 503 g/mol. The van der Waals surface area contributed by atoms with E-state index in [2.05, 4.69) is 52.9 Å². The van der Waals surface area contributed by atoms with Gasteiger partial charge in [-0.1, -0.05) is 48.0 Å². The third-order valence-corrected chi connectivity index (χ3v) is 5.06. The fourth-order valence-electron chi connectivity index (χ4n) is 3.15. The predicted octanol–water partition coefficient (Wildman–Crippen LogP) is 4.06. The predicted molar refractivity (Wildman–Crippen MR) is 135 cm³/mol. The molecule has 31 heavy (non-hydrogen) atoms. The molecule has 0 saturated heterocycles. The maximum Gasteiger partial charge on any atom is 0.192 e. The van der Waals surface area contributed by atoms with Crippen molar-refractivity contribution in [1.82, 2.24) is 25.4 Å². The summed E-state index contributed by atoms with van der Waals surface area (Å²) in [7, 11) is 3.65. The van der Waals surface area contributed by atoms with Gasteiger partial charge in [0.2, 0.25) is 0 Å². The van der Waals surface area contributed by atoms with E-state index in [-0.39, 0.29) is 30.0 Å². The summed E-state index contributed by atoms with van der Waals surface area (Å²) in [5.74, 6) is 3.28.